The molecule has 2 aromatic carbocycles. The Morgan fingerprint density at radius 2 is 1.59 bits per heavy atom. The lowest BCUT2D eigenvalue weighted by Gasteiger charge is -2.42. The normalized spacial score (nSPS) is 19.7. The summed E-state index contributed by atoms with van der Waals surface area (Å²) in [7, 11) is 4.68. The number of piperazine rings is 1. The topological polar surface area (TPSA) is 51.2 Å². The predicted molar refractivity (Wildman–Crippen MR) is 111 cm³/mol. The first-order chi connectivity index (χ1) is 14.2. The lowest BCUT2D eigenvalue weighted by Crippen LogP contribution is -2.51. The van der Waals surface area contributed by atoms with E-state index in [9.17, 15) is 4.79 Å². The second-order valence-corrected chi connectivity index (χ2v) is 7.57. The third-order valence-corrected chi connectivity index (χ3v) is 5.83. The highest BCUT2D eigenvalue weighted by atomic mass is 16.5. The van der Waals surface area contributed by atoms with Gasteiger partial charge in [-0.25, -0.2) is 0 Å². The van der Waals surface area contributed by atoms with Crippen LogP contribution in [-0.2, 0) is 0 Å². The Morgan fingerprint density at radius 1 is 0.931 bits per heavy atom. The van der Waals surface area contributed by atoms with Gasteiger partial charge in [-0.3, -0.25) is 9.69 Å². The average Bonchev–Trinajstić information content (AvgIpc) is 3.63. The number of hydrogen-bond donors (Lipinski definition) is 0. The SMILES string of the molecule is COc1cc(C(=O)N2CCN(C3CC3)CC2c2ccccc2)cc(OC)c1OC. The van der Waals surface area contributed by atoms with Crippen LogP contribution in [0, 0.1) is 0 Å². The van der Waals surface area contributed by atoms with E-state index in [0.717, 1.165) is 13.1 Å². The van der Waals surface area contributed by atoms with Gasteiger partial charge in [0.2, 0.25) is 5.75 Å². The second-order valence-electron chi connectivity index (χ2n) is 7.57. The molecule has 1 atom stereocenters. The number of rotatable bonds is 6. The molecule has 154 valence electrons. The van der Waals surface area contributed by atoms with Crippen LogP contribution in [0.15, 0.2) is 42.5 Å². The Morgan fingerprint density at radius 3 is 2.14 bits per heavy atom. The highest BCUT2D eigenvalue weighted by Gasteiger charge is 2.38. The summed E-state index contributed by atoms with van der Waals surface area (Å²) in [6.07, 6.45) is 2.53. The van der Waals surface area contributed by atoms with Gasteiger partial charge >= 0.3 is 0 Å². The molecule has 0 spiro atoms. The minimum Gasteiger partial charge on any atom is -0.493 e. The molecule has 6 heteroatoms. The first-order valence-electron chi connectivity index (χ1n) is 10.1. The molecule has 0 aromatic heterocycles. The van der Waals surface area contributed by atoms with Gasteiger partial charge in [0.25, 0.3) is 5.91 Å². The largest absolute Gasteiger partial charge is 0.493 e. The Labute approximate surface area is 172 Å². The highest BCUT2D eigenvalue weighted by Crippen LogP contribution is 2.40. The number of amides is 1. The van der Waals surface area contributed by atoms with E-state index in [1.165, 1.54) is 18.4 Å². The number of carbonyl (C=O) groups is 1. The fourth-order valence-corrected chi connectivity index (χ4v) is 4.15. The van der Waals surface area contributed by atoms with E-state index in [2.05, 4.69) is 17.0 Å². The third-order valence-electron chi connectivity index (χ3n) is 5.83. The summed E-state index contributed by atoms with van der Waals surface area (Å²) in [5.74, 6) is 1.45. The van der Waals surface area contributed by atoms with Crippen molar-refractivity contribution in [2.24, 2.45) is 0 Å². The molecular weight excluding hydrogens is 368 g/mol. The molecule has 0 radical (unpaired) electrons. The van der Waals surface area contributed by atoms with Gasteiger partial charge in [0.1, 0.15) is 0 Å². The van der Waals surface area contributed by atoms with Crippen molar-refractivity contribution in [3.05, 3.63) is 53.6 Å². The first-order valence-corrected chi connectivity index (χ1v) is 10.1. The van der Waals surface area contributed by atoms with Crippen molar-refractivity contribution in [2.45, 2.75) is 24.9 Å². The van der Waals surface area contributed by atoms with Crippen molar-refractivity contribution in [2.75, 3.05) is 41.0 Å². The summed E-state index contributed by atoms with van der Waals surface area (Å²) in [6.45, 7) is 2.47. The summed E-state index contributed by atoms with van der Waals surface area (Å²) in [5.41, 5.74) is 1.71. The monoisotopic (exact) mass is 396 g/mol. The van der Waals surface area contributed by atoms with Crippen LogP contribution in [0.4, 0.5) is 0 Å². The number of benzene rings is 2. The number of ether oxygens (including phenoxy) is 3. The molecule has 2 aliphatic rings. The molecule has 1 unspecified atom stereocenters. The minimum absolute atomic E-state index is 0.0199. The van der Waals surface area contributed by atoms with Crippen LogP contribution in [-0.4, -0.2) is 62.7 Å². The molecule has 4 rings (SSSR count). The van der Waals surface area contributed by atoms with E-state index < -0.39 is 0 Å². The van der Waals surface area contributed by atoms with Crippen molar-refractivity contribution in [3.63, 3.8) is 0 Å². The van der Waals surface area contributed by atoms with E-state index in [1.807, 2.05) is 23.1 Å². The molecule has 2 aromatic rings. The van der Waals surface area contributed by atoms with E-state index in [4.69, 9.17) is 14.2 Å². The van der Waals surface area contributed by atoms with Crippen molar-refractivity contribution in [1.29, 1.82) is 0 Å². The van der Waals surface area contributed by atoms with Crippen molar-refractivity contribution in [3.8, 4) is 17.2 Å². The maximum Gasteiger partial charge on any atom is 0.254 e. The Kier molecular flexibility index (Phi) is 5.62. The molecule has 1 saturated heterocycles. The van der Waals surface area contributed by atoms with Gasteiger partial charge in [0.05, 0.1) is 27.4 Å². The average molecular weight is 396 g/mol. The van der Waals surface area contributed by atoms with E-state index >= 15 is 0 Å². The summed E-state index contributed by atoms with van der Waals surface area (Å²) in [5, 5.41) is 0. The minimum atomic E-state index is -0.0199. The van der Waals surface area contributed by atoms with Crippen LogP contribution in [0.3, 0.4) is 0 Å². The third kappa shape index (κ3) is 3.90. The molecule has 6 nitrogen and oxygen atoms in total. The van der Waals surface area contributed by atoms with Crippen molar-refractivity contribution in [1.82, 2.24) is 9.80 Å². The predicted octanol–water partition coefficient (Wildman–Crippen LogP) is 3.37. The Hall–Kier alpha value is -2.73. The van der Waals surface area contributed by atoms with Crippen LogP contribution in [0.5, 0.6) is 17.2 Å². The fraction of sp³-hybridized carbons (Fsp3) is 0.435. The molecule has 29 heavy (non-hydrogen) atoms. The zero-order valence-corrected chi connectivity index (χ0v) is 17.3. The molecule has 0 bridgehead atoms. The standard InChI is InChI=1S/C23H28N2O4/c1-27-20-13-17(14-21(28-2)22(20)29-3)23(26)25-12-11-24(18-9-10-18)15-19(25)16-7-5-4-6-8-16/h4-8,13-14,18-19H,9-12,15H2,1-3H3. The highest BCUT2D eigenvalue weighted by molar-refractivity contribution is 5.96. The Balaban J connectivity index is 1.67. The van der Waals surface area contributed by atoms with Crippen LogP contribution in [0.25, 0.3) is 0 Å². The maximum atomic E-state index is 13.6. The summed E-state index contributed by atoms with van der Waals surface area (Å²) >= 11 is 0. The van der Waals surface area contributed by atoms with Gasteiger partial charge < -0.3 is 19.1 Å². The lowest BCUT2D eigenvalue weighted by atomic mass is 10.0. The van der Waals surface area contributed by atoms with Crippen LogP contribution >= 0.6 is 0 Å². The molecule has 1 heterocycles. The van der Waals surface area contributed by atoms with Gasteiger partial charge in [-0.05, 0) is 30.5 Å². The first kappa shape index (κ1) is 19.6. The zero-order valence-electron chi connectivity index (χ0n) is 17.3. The lowest BCUT2D eigenvalue weighted by molar-refractivity contribution is 0.0432. The van der Waals surface area contributed by atoms with Gasteiger partial charge in [-0.2, -0.15) is 0 Å². The Bertz CT molecular complexity index is 841. The molecule has 1 saturated carbocycles. The van der Waals surface area contributed by atoms with Crippen LogP contribution in [0.2, 0.25) is 0 Å². The van der Waals surface area contributed by atoms with Crippen molar-refractivity contribution < 1.29 is 19.0 Å². The van der Waals surface area contributed by atoms with E-state index in [0.29, 0.717) is 35.4 Å². The molecule has 1 amide bonds. The fourth-order valence-electron chi connectivity index (χ4n) is 4.15. The van der Waals surface area contributed by atoms with Gasteiger partial charge in [-0.1, -0.05) is 30.3 Å². The second kappa shape index (κ2) is 8.33. The van der Waals surface area contributed by atoms with Crippen LogP contribution in [0.1, 0.15) is 34.8 Å². The van der Waals surface area contributed by atoms with Gasteiger partial charge in [0, 0.05) is 31.2 Å². The quantitative estimate of drug-likeness (QED) is 0.749. The molecular formula is C23H28N2O4. The molecule has 1 aliphatic carbocycles. The van der Waals surface area contributed by atoms with E-state index in [-0.39, 0.29) is 11.9 Å². The maximum absolute atomic E-state index is 13.6. The summed E-state index contributed by atoms with van der Waals surface area (Å²) < 4.78 is 16.3. The van der Waals surface area contributed by atoms with Crippen LogP contribution < -0.4 is 14.2 Å². The van der Waals surface area contributed by atoms with E-state index in [1.54, 1.807) is 33.5 Å². The molecule has 0 N–H and O–H groups in total. The summed E-state index contributed by atoms with van der Waals surface area (Å²) in [6, 6.07) is 14.5. The molecule has 2 fully saturated rings. The van der Waals surface area contributed by atoms with Crippen molar-refractivity contribution >= 4 is 5.91 Å². The van der Waals surface area contributed by atoms with Gasteiger partial charge in [0.15, 0.2) is 11.5 Å². The number of methoxy groups -OCH3 is 3. The zero-order chi connectivity index (χ0) is 20.4. The number of carbonyl (C=O) groups excluding carboxylic acids is 1. The summed E-state index contributed by atoms with van der Waals surface area (Å²) in [4.78, 5) is 18.1. The number of hydrogen-bond acceptors (Lipinski definition) is 5. The smallest absolute Gasteiger partial charge is 0.254 e. The van der Waals surface area contributed by atoms with Gasteiger partial charge in [-0.15, -0.1) is 0 Å². The number of nitrogens with zero attached hydrogens (tertiary/aromatic N) is 2. The molecule has 1 aliphatic heterocycles.